The fourth-order valence-corrected chi connectivity index (χ4v) is 2.80. The van der Waals surface area contributed by atoms with Gasteiger partial charge in [-0.15, -0.1) is 6.58 Å². The maximum absolute atomic E-state index is 13.0. The molecule has 0 aliphatic carbocycles. The lowest BCUT2D eigenvalue weighted by atomic mass is 10.0. The summed E-state index contributed by atoms with van der Waals surface area (Å²) < 4.78 is 9.98. The lowest BCUT2D eigenvalue weighted by Gasteiger charge is -2.31. The van der Waals surface area contributed by atoms with Crippen LogP contribution in [0.15, 0.2) is 36.9 Å². The third-order valence-electron chi connectivity index (χ3n) is 4.13. The number of ether oxygens (including phenoxy) is 2. The van der Waals surface area contributed by atoms with E-state index in [1.807, 2.05) is 0 Å². The van der Waals surface area contributed by atoms with Crippen LogP contribution in [0.5, 0.6) is 5.75 Å². The summed E-state index contributed by atoms with van der Waals surface area (Å²) in [5.74, 6) is -1.56. The van der Waals surface area contributed by atoms with Crippen LogP contribution in [0, 0.1) is 0 Å². The van der Waals surface area contributed by atoms with Gasteiger partial charge in [0.2, 0.25) is 11.8 Å². The number of benzene rings is 1. The second kappa shape index (κ2) is 13.1. The van der Waals surface area contributed by atoms with Gasteiger partial charge >= 0.3 is 12.1 Å². The number of alkyl carbamates (subject to hydrolysis) is 1. The molecule has 182 valence electrons. The molecule has 0 fully saturated rings. The van der Waals surface area contributed by atoms with Crippen molar-refractivity contribution in [3.05, 3.63) is 42.5 Å². The number of aromatic hydroxyl groups is 1. The van der Waals surface area contributed by atoms with Crippen LogP contribution < -0.4 is 10.6 Å². The number of hydrogen-bond acceptors (Lipinski definition) is 7. The molecule has 1 unspecified atom stereocenters. The molecular formula is C23H33N3O7. The Bertz CT molecular complexity index is 831. The van der Waals surface area contributed by atoms with E-state index in [1.54, 1.807) is 27.7 Å². The Kier molecular flexibility index (Phi) is 10.9. The summed E-state index contributed by atoms with van der Waals surface area (Å²) in [7, 11) is 0. The number of amides is 3. The summed E-state index contributed by atoms with van der Waals surface area (Å²) in [6.45, 7) is 10.2. The first kappa shape index (κ1) is 27.5. The Morgan fingerprint density at radius 1 is 1.15 bits per heavy atom. The minimum Gasteiger partial charge on any atom is -0.508 e. The second-order valence-electron chi connectivity index (χ2n) is 8.03. The van der Waals surface area contributed by atoms with E-state index in [0.29, 0.717) is 5.56 Å². The zero-order valence-electron chi connectivity index (χ0n) is 19.6. The number of phenolic OH excluding ortho intramolecular Hbond substituents is 1. The molecule has 3 amide bonds. The van der Waals surface area contributed by atoms with Gasteiger partial charge in [-0.3, -0.25) is 14.4 Å². The van der Waals surface area contributed by atoms with Crippen molar-refractivity contribution in [2.24, 2.45) is 0 Å². The molecule has 33 heavy (non-hydrogen) atoms. The van der Waals surface area contributed by atoms with Crippen molar-refractivity contribution < 1.29 is 33.8 Å². The van der Waals surface area contributed by atoms with E-state index < -0.39 is 42.1 Å². The van der Waals surface area contributed by atoms with E-state index >= 15 is 0 Å². The summed E-state index contributed by atoms with van der Waals surface area (Å²) in [6.07, 6.45) is 0.650. The van der Waals surface area contributed by atoms with E-state index in [2.05, 4.69) is 17.2 Å². The van der Waals surface area contributed by atoms with Crippen LogP contribution in [0.3, 0.4) is 0 Å². The third kappa shape index (κ3) is 10.1. The lowest BCUT2D eigenvalue weighted by molar-refractivity contribution is -0.143. The van der Waals surface area contributed by atoms with Gasteiger partial charge in [0, 0.05) is 13.1 Å². The van der Waals surface area contributed by atoms with Gasteiger partial charge < -0.3 is 30.1 Å². The van der Waals surface area contributed by atoms with Gasteiger partial charge in [0.15, 0.2) is 0 Å². The van der Waals surface area contributed by atoms with Crippen molar-refractivity contribution >= 4 is 23.9 Å². The molecule has 0 aliphatic heterocycles. The summed E-state index contributed by atoms with van der Waals surface area (Å²) in [6, 6.07) is 4.71. The quantitative estimate of drug-likeness (QED) is 0.338. The number of nitrogens with one attached hydrogen (secondary N) is 2. The molecule has 0 saturated heterocycles. The predicted molar refractivity (Wildman–Crippen MR) is 121 cm³/mol. The SMILES string of the molecule is C=CCN(C(=O)CNC(=O)OC(C)(C)C)C(C(=O)NCCC(=O)OCC)c1ccc(O)cc1. The molecule has 1 aromatic carbocycles. The second-order valence-corrected chi connectivity index (χ2v) is 8.03. The number of carbonyl (C=O) groups is 4. The van der Waals surface area contributed by atoms with Crippen molar-refractivity contribution in [2.75, 3.05) is 26.2 Å². The average molecular weight is 464 g/mol. The maximum Gasteiger partial charge on any atom is 0.408 e. The molecule has 0 heterocycles. The van der Waals surface area contributed by atoms with Gasteiger partial charge in [-0.1, -0.05) is 18.2 Å². The fraction of sp³-hybridized carbons (Fsp3) is 0.478. The number of hydrogen-bond donors (Lipinski definition) is 3. The molecule has 0 aromatic heterocycles. The van der Waals surface area contributed by atoms with Gasteiger partial charge in [0.1, 0.15) is 23.9 Å². The van der Waals surface area contributed by atoms with Crippen molar-refractivity contribution in [3.8, 4) is 5.75 Å². The minimum absolute atomic E-state index is 0.00563. The summed E-state index contributed by atoms with van der Waals surface area (Å²) in [4.78, 5) is 50.7. The Balaban J connectivity index is 3.04. The number of phenols is 1. The third-order valence-corrected chi connectivity index (χ3v) is 4.13. The first-order chi connectivity index (χ1) is 15.5. The average Bonchev–Trinajstić information content (AvgIpc) is 2.72. The Hall–Kier alpha value is -3.56. The highest BCUT2D eigenvalue weighted by atomic mass is 16.6. The molecule has 10 heteroatoms. The fourth-order valence-electron chi connectivity index (χ4n) is 2.80. The van der Waals surface area contributed by atoms with Crippen LogP contribution in [-0.2, 0) is 23.9 Å². The van der Waals surface area contributed by atoms with E-state index in [-0.39, 0.29) is 31.9 Å². The van der Waals surface area contributed by atoms with Crippen LogP contribution in [0.1, 0.15) is 45.7 Å². The zero-order valence-corrected chi connectivity index (χ0v) is 19.6. The highest BCUT2D eigenvalue weighted by Gasteiger charge is 2.31. The Labute approximate surface area is 193 Å². The highest BCUT2D eigenvalue weighted by molar-refractivity contribution is 5.90. The molecule has 0 radical (unpaired) electrons. The largest absolute Gasteiger partial charge is 0.508 e. The molecule has 0 spiro atoms. The van der Waals surface area contributed by atoms with Crippen molar-refractivity contribution in [3.63, 3.8) is 0 Å². The smallest absolute Gasteiger partial charge is 0.408 e. The monoisotopic (exact) mass is 463 g/mol. The number of nitrogens with zero attached hydrogens (tertiary/aromatic N) is 1. The molecular weight excluding hydrogens is 430 g/mol. The van der Waals surface area contributed by atoms with Crippen LogP contribution in [-0.4, -0.2) is 65.7 Å². The van der Waals surface area contributed by atoms with E-state index in [0.717, 1.165) is 0 Å². The standard InChI is InChI=1S/C23H33N3O7/c1-6-14-26(18(28)15-25-22(31)33-23(3,4)5)20(16-8-10-17(27)11-9-16)21(30)24-13-12-19(29)32-7-2/h6,8-11,20,27H,1,7,12-15H2,2-5H3,(H,24,30)(H,25,31). The molecule has 1 aromatic rings. The van der Waals surface area contributed by atoms with Gasteiger partial charge in [-0.25, -0.2) is 4.79 Å². The lowest BCUT2D eigenvalue weighted by Crippen LogP contribution is -2.48. The van der Waals surface area contributed by atoms with Crippen molar-refractivity contribution in [1.82, 2.24) is 15.5 Å². The van der Waals surface area contributed by atoms with Crippen molar-refractivity contribution in [2.45, 2.75) is 45.8 Å². The normalized spacial score (nSPS) is 11.6. The Morgan fingerprint density at radius 2 is 1.79 bits per heavy atom. The van der Waals surface area contributed by atoms with Gasteiger partial charge in [0.25, 0.3) is 0 Å². The number of esters is 1. The van der Waals surface area contributed by atoms with E-state index in [1.165, 1.54) is 35.2 Å². The highest BCUT2D eigenvalue weighted by Crippen LogP contribution is 2.23. The van der Waals surface area contributed by atoms with Gasteiger partial charge in [-0.2, -0.15) is 0 Å². The van der Waals surface area contributed by atoms with E-state index in [9.17, 15) is 24.3 Å². The summed E-state index contributed by atoms with van der Waals surface area (Å²) in [5, 5.41) is 14.6. The van der Waals surface area contributed by atoms with Crippen LogP contribution in [0.25, 0.3) is 0 Å². The molecule has 0 bridgehead atoms. The number of carbonyl (C=O) groups excluding carboxylic acids is 4. The molecule has 0 saturated carbocycles. The topological polar surface area (TPSA) is 134 Å². The molecule has 3 N–H and O–H groups in total. The van der Waals surface area contributed by atoms with Gasteiger partial charge in [-0.05, 0) is 45.4 Å². The minimum atomic E-state index is -1.10. The van der Waals surface area contributed by atoms with E-state index in [4.69, 9.17) is 9.47 Å². The van der Waals surface area contributed by atoms with Crippen LogP contribution >= 0.6 is 0 Å². The summed E-state index contributed by atoms with van der Waals surface area (Å²) in [5.41, 5.74) is -0.310. The van der Waals surface area contributed by atoms with Crippen LogP contribution in [0.2, 0.25) is 0 Å². The first-order valence-electron chi connectivity index (χ1n) is 10.6. The first-order valence-corrected chi connectivity index (χ1v) is 10.6. The van der Waals surface area contributed by atoms with Gasteiger partial charge in [0.05, 0.1) is 13.0 Å². The molecule has 1 atom stereocenters. The zero-order chi connectivity index (χ0) is 25.0. The maximum atomic E-state index is 13.0. The predicted octanol–water partition coefficient (Wildman–Crippen LogP) is 2.04. The van der Waals surface area contributed by atoms with Crippen molar-refractivity contribution in [1.29, 1.82) is 0 Å². The molecule has 0 aliphatic rings. The molecule has 10 nitrogen and oxygen atoms in total. The molecule has 1 rings (SSSR count). The Morgan fingerprint density at radius 3 is 2.33 bits per heavy atom. The summed E-state index contributed by atoms with van der Waals surface area (Å²) >= 11 is 0. The number of rotatable bonds is 11. The van der Waals surface area contributed by atoms with Crippen LogP contribution in [0.4, 0.5) is 4.79 Å².